The Morgan fingerprint density at radius 1 is 0.893 bits per heavy atom. The third-order valence-electron chi connectivity index (χ3n) is 5.62. The molecule has 1 aromatic carbocycles. The van der Waals surface area contributed by atoms with Crippen molar-refractivity contribution in [1.82, 2.24) is 9.80 Å². The van der Waals surface area contributed by atoms with Gasteiger partial charge >= 0.3 is 0 Å². The molecule has 1 aliphatic heterocycles. The van der Waals surface area contributed by atoms with Crippen LogP contribution in [0.1, 0.15) is 40.4 Å². The first-order chi connectivity index (χ1) is 13.6. The maximum atomic E-state index is 12.7. The Morgan fingerprint density at radius 2 is 1.61 bits per heavy atom. The average Bonchev–Trinajstić information content (AvgIpc) is 3.36. The molecule has 28 heavy (non-hydrogen) atoms. The predicted octanol–water partition coefficient (Wildman–Crippen LogP) is 3.19. The highest BCUT2D eigenvalue weighted by atomic mass is 32.1. The number of hydrogen-bond acceptors (Lipinski definition) is 4. The maximum Gasteiger partial charge on any atom is 0.226 e. The van der Waals surface area contributed by atoms with Crippen LogP contribution >= 0.6 is 11.3 Å². The molecule has 1 aromatic heterocycles. The highest BCUT2D eigenvalue weighted by Gasteiger charge is 2.46. The number of benzene rings is 1. The van der Waals surface area contributed by atoms with Crippen LogP contribution in [0.15, 0.2) is 47.8 Å². The number of amides is 2. The van der Waals surface area contributed by atoms with Crippen LogP contribution in [0.5, 0.6) is 0 Å². The largest absolute Gasteiger partial charge is 0.339 e. The van der Waals surface area contributed by atoms with Crippen LogP contribution in [0.4, 0.5) is 0 Å². The number of rotatable bonds is 6. The molecule has 0 unspecified atom stereocenters. The molecule has 0 N–H and O–H groups in total. The van der Waals surface area contributed by atoms with Gasteiger partial charge in [-0.05, 0) is 17.9 Å². The summed E-state index contributed by atoms with van der Waals surface area (Å²) in [6.45, 7) is 2.29. The molecular weight excluding hydrogens is 372 g/mol. The monoisotopic (exact) mass is 396 g/mol. The molecule has 4 rings (SSSR count). The lowest BCUT2D eigenvalue weighted by Crippen LogP contribution is -2.51. The van der Waals surface area contributed by atoms with Gasteiger partial charge in [-0.3, -0.25) is 14.4 Å². The van der Waals surface area contributed by atoms with Crippen molar-refractivity contribution < 1.29 is 14.4 Å². The van der Waals surface area contributed by atoms with Gasteiger partial charge in [-0.25, -0.2) is 0 Å². The standard InChI is InChI=1S/C22H24N2O3S/c25-19(16-5-2-1-3-6-16)8-9-21(26)23-10-12-24(13-11-23)22(27)18-15-17(18)20-7-4-14-28-20/h1-7,14,17-18H,8-13,15H2/t17-,18-/m0/s1. The number of ketones is 1. The topological polar surface area (TPSA) is 57.7 Å². The van der Waals surface area contributed by atoms with Gasteiger partial charge in [0.05, 0.1) is 0 Å². The molecule has 1 aliphatic carbocycles. The van der Waals surface area contributed by atoms with Gasteiger partial charge in [0.1, 0.15) is 0 Å². The lowest BCUT2D eigenvalue weighted by atomic mass is 10.1. The first-order valence-corrected chi connectivity index (χ1v) is 10.7. The second-order valence-corrected chi connectivity index (χ2v) is 8.44. The molecule has 1 saturated heterocycles. The molecule has 2 aliphatic rings. The zero-order chi connectivity index (χ0) is 19.5. The number of thiophene rings is 1. The van der Waals surface area contributed by atoms with Crippen LogP contribution < -0.4 is 0 Å². The van der Waals surface area contributed by atoms with Gasteiger partial charge in [0.2, 0.25) is 11.8 Å². The van der Waals surface area contributed by atoms with E-state index in [2.05, 4.69) is 11.4 Å². The van der Waals surface area contributed by atoms with Crippen LogP contribution in [0.3, 0.4) is 0 Å². The number of carbonyl (C=O) groups is 3. The summed E-state index contributed by atoms with van der Waals surface area (Å²) in [6, 6.07) is 13.2. The molecule has 146 valence electrons. The van der Waals surface area contributed by atoms with Crippen molar-refractivity contribution in [1.29, 1.82) is 0 Å². The fourth-order valence-corrected chi connectivity index (χ4v) is 4.75. The highest BCUT2D eigenvalue weighted by molar-refractivity contribution is 7.10. The molecule has 0 radical (unpaired) electrons. The zero-order valence-corrected chi connectivity index (χ0v) is 16.6. The minimum absolute atomic E-state index is 0.000681. The zero-order valence-electron chi connectivity index (χ0n) is 15.8. The van der Waals surface area contributed by atoms with Crippen molar-refractivity contribution in [3.8, 4) is 0 Å². The van der Waals surface area contributed by atoms with Gasteiger partial charge < -0.3 is 9.80 Å². The second-order valence-electron chi connectivity index (χ2n) is 7.46. The van der Waals surface area contributed by atoms with Crippen molar-refractivity contribution >= 4 is 28.9 Å². The average molecular weight is 397 g/mol. The number of Topliss-reactive ketones (excluding diaryl/α,β-unsaturated/α-hetero) is 1. The molecular formula is C22H24N2O3S. The van der Waals surface area contributed by atoms with E-state index in [1.54, 1.807) is 28.4 Å². The van der Waals surface area contributed by atoms with Gasteiger partial charge in [0.25, 0.3) is 0 Å². The Kier molecular flexibility index (Phi) is 5.57. The molecule has 6 heteroatoms. The Balaban J connectivity index is 1.21. The molecule has 1 saturated carbocycles. The Morgan fingerprint density at radius 3 is 2.29 bits per heavy atom. The number of piperazine rings is 1. The summed E-state index contributed by atoms with van der Waals surface area (Å²) < 4.78 is 0. The minimum Gasteiger partial charge on any atom is -0.339 e. The highest BCUT2D eigenvalue weighted by Crippen LogP contribution is 2.50. The molecule has 0 bridgehead atoms. The number of nitrogens with zero attached hydrogens (tertiary/aromatic N) is 2. The Hall–Kier alpha value is -2.47. The van der Waals surface area contributed by atoms with E-state index in [-0.39, 0.29) is 36.4 Å². The van der Waals surface area contributed by atoms with Gasteiger partial charge in [-0.15, -0.1) is 11.3 Å². The van der Waals surface area contributed by atoms with Crippen LogP contribution in [0.2, 0.25) is 0 Å². The smallest absolute Gasteiger partial charge is 0.226 e. The van der Waals surface area contributed by atoms with E-state index in [0.29, 0.717) is 37.7 Å². The van der Waals surface area contributed by atoms with E-state index in [9.17, 15) is 14.4 Å². The van der Waals surface area contributed by atoms with Crippen LogP contribution in [-0.4, -0.2) is 53.6 Å². The third-order valence-corrected chi connectivity index (χ3v) is 6.63. The SMILES string of the molecule is O=C(CCC(=O)N1CCN(C(=O)[C@H]2C[C@@H]2c2cccs2)CC1)c1ccccc1. The fourth-order valence-electron chi connectivity index (χ4n) is 3.84. The summed E-state index contributed by atoms with van der Waals surface area (Å²) in [6.07, 6.45) is 1.40. The van der Waals surface area contributed by atoms with E-state index in [4.69, 9.17) is 0 Å². The molecule has 0 spiro atoms. The normalized spacial score (nSPS) is 21.4. The van der Waals surface area contributed by atoms with Gasteiger partial charge in [-0.2, -0.15) is 0 Å². The van der Waals surface area contributed by atoms with Crippen molar-refractivity contribution in [2.45, 2.75) is 25.2 Å². The molecule has 2 aromatic rings. The first kappa shape index (κ1) is 18.9. The first-order valence-electron chi connectivity index (χ1n) is 9.81. The molecule has 2 fully saturated rings. The molecule has 5 nitrogen and oxygen atoms in total. The summed E-state index contributed by atoms with van der Waals surface area (Å²) in [5, 5.41) is 2.06. The molecule has 2 atom stereocenters. The minimum atomic E-state index is -0.00360. The third kappa shape index (κ3) is 4.17. The summed E-state index contributed by atoms with van der Waals surface area (Å²) in [5.41, 5.74) is 0.649. The lowest BCUT2D eigenvalue weighted by Gasteiger charge is -2.35. The van der Waals surface area contributed by atoms with E-state index >= 15 is 0 Å². The molecule has 2 heterocycles. The van der Waals surface area contributed by atoms with E-state index in [1.807, 2.05) is 29.2 Å². The lowest BCUT2D eigenvalue weighted by molar-refractivity contribution is -0.140. The van der Waals surface area contributed by atoms with Crippen LogP contribution in [0.25, 0.3) is 0 Å². The van der Waals surface area contributed by atoms with E-state index in [0.717, 1.165) is 6.42 Å². The van der Waals surface area contributed by atoms with Crippen LogP contribution in [0, 0.1) is 5.92 Å². The van der Waals surface area contributed by atoms with Gasteiger partial charge in [0, 0.05) is 61.3 Å². The Labute approximate surface area is 169 Å². The van der Waals surface area contributed by atoms with Crippen molar-refractivity contribution in [3.63, 3.8) is 0 Å². The summed E-state index contributed by atoms with van der Waals surface area (Å²) in [5.74, 6) is 0.723. The van der Waals surface area contributed by atoms with Gasteiger partial charge in [0.15, 0.2) is 5.78 Å². The number of hydrogen-bond donors (Lipinski definition) is 0. The van der Waals surface area contributed by atoms with Crippen molar-refractivity contribution in [2.24, 2.45) is 5.92 Å². The summed E-state index contributed by atoms with van der Waals surface area (Å²) >= 11 is 1.72. The quantitative estimate of drug-likeness (QED) is 0.705. The second kappa shape index (κ2) is 8.27. The van der Waals surface area contributed by atoms with Crippen LogP contribution in [-0.2, 0) is 9.59 Å². The van der Waals surface area contributed by atoms with Crippen molar-refractivity contribution in [3.05, 3.63) is 58.3 Å². The summed E-state index contributed by atoms with van der Waals surface area (Å²) in [7, 11) is 0. The maximum absolute atomic E-state index is 12.7. The number of carbonyl (C=O) groups excluding carboxylic acids is 3. The van der Waals surface area contributed by atoms with Crippen molar-refractivity contribution in [2.75, 3.05) is 26.2 Å². The summed E-state index contributed by atoms with van der Waals surface area (Å²) in [4.78, 5) is 42.3. The van der Waals surface area contributed by atoms with E-state index in [1.165, 1.54) is 4.88 Å². The van der Waals surface area contributed by atoms with Gasteiger partial charge in [-0.1, -0.05) is 36.4 Å². The predicted molar refractivity (Wildman–Crippen MR) is 108 cm³/mol. The Bertz CT molecular complexity index is 842. The fraction of sp³-hybridized carbons (Fsp3) is 0.409. The van der Waals surface area contributed by atoms with E-state index < -0.39 is 0 Å². The molecule has 2 amide bonds.